The minimum atomic E-state index is -0.457. The molecule has 0 bridgehead atoms. The van der Waals surface area contributed by atoms with Crippen molar-refractivity contribution in [3.8, 4) is 5.75 Å². The zero-order valence-electron chi connectivity index (χ0n) is 13.8. The number of likely N-dealkylation sites (N-methyl/N-ethyl adjacent to an activating group) is 1. The first-order valence-corrected chi connectivity index (χ1v) is 7.74. The maximum atomic E-state index is 12.4. The van der Waals surface area contributed by atoms with Crippen LogP contribution in [0.25, 0.3) is 0 Å². The summed E-state index contributed by atoms with van der Waals surface area (Å²) in [5.41, 5.74) is 0.720. The number of amides is 1. The standard InChI is InChI=1S/C16H23N3O4/c1-12(16(20)18-8-4-5-9-18)17(2)11-13-6-7-15(23-3)14(10-13)19(21)22/h6-7,10,12H,4-5,8-9,11H2,1-3H3. The molecule has 1 aromatic rings. The third kappa shape index (κ3) is 3.98. The van der Waals surface area contributed by atoms with Gasteiger partial charge in [0, 0.05) is 25.7 Å². The van der Waals surface area contributed by atoms with Crippen LogP contribution in [0.15, 0.2) is 18.2 Å². The van der Waals surface area contributed by atoms with Crippen molar-refractivity contribution in [2.45, 2.75) is 32.4 Å². The van der Waals surface area contributed by atoms with Gasteiger partial charge in [-0.3, -0.25) is 19.8 Å². The maximum Gasteiger partial charge on any atom is 0.311 e. The van der Waals surface area contributed by atoms with Gasteiger partial charge in [-0.2, -0.15) is 0 Å². The number of likely N-dealkylation sites (tertiary alicyclic amines) is 1. The molecule has 1 saturated heterocycles. The van der Waals surface area contributed by atoms with E-state index in [1.165, 1.54) is 13.2 Å². The van der Waals surface area contributed by atoms with Gasteiger partial charge in [0.15, 0.2) is 5.75 Å². The van der Waals surface area contributed by atoms with Crippen LogP contribution in [0.3, 0.4) is 0 Å². The smallest absolute Gasteiger partial charge is 0.311 e. The van der Waals surface area contributed by atoms with E-state index in [4.69, 9.17) is 4.74 Å². The number of carbonyl (C=O) groups excluding carboxylic acids is 1. The summed E-state index contributed by atoms with van der Waals surface area (Å²) < 4.78 is 5.00. The fourth-order valence-corrected chi connectivity index (χ4v) is 2.79. The van der Waals surface area contributed by atoms with E-state index in [2.05, 4.69) is 0 Å². The highest BCUT2D eigenvalue weighted by Crippen LogP contribution is 2.28. The minimum absolute atomic E-state index is 0.0584. The second kappa shape index (κ2) is 7.41. The maximum absolute atomic E-state index is 12.4. The molecule has 1 unspecified atom stereocenters. The molecule has 23 heavy (non-hydrogen) atoms. The quantitative estimate of drug-likeness (QED) is 0.592. The van der Waals surface area contributed by atoms with Crippen molar-refractivity contribution in [1.82, 2.24) is 9.80 Å². The van der Waals surface area contributed by atoms with Crippen molar-refractivity contribution < 1.29 is 14.5 Å². The van der Waals surface area contributed by atoms with Gasteiger partial charge in [-0.25, -0.2) is 0 Å². The van der Waals surface area contributed by atoms with Crippen molar-refractivity contribution in [2.75, 3.05) is 27.2 Å². The van der Waals surface area contributed by atoms with E-state index in [0.29, 0.717) is 6.54 Å². The van der Waals surface area contributed by atoms with Crippen LogP contribution in [0, 0.1) is 10.1 Å². The molecule has 0 aliphatic carbocycles. The second-order valence-corrected chi connectivity index (χ2v) is 5.89. The third-order valence-electron chi connectivity index (χ3n) is 4.31. The predicted octanol–water partition coefficient (Wildman–Crippen LogP) is 2.05. The van der Waals surface area contributed by atoms with Crippen LogP contribution in [-0.4, -0.2) is 53.9 Å². The van der Waals surface area contributed by atoms with Gasteiger partial charge in [0.2, 0.25) is 5.91 Å². The van der Waals surface area contributed by atoms with Crippen LogP contribution >= 0.6 is 0 Å². The van der Waals surface area contributed by atoms with E-state index in [-0.39, 0.29) is 23.4 Å². The van der Waals surface area contributed by atoms with E-state index >= 15 is 0 Å². The summed E-state index contributed by atoms with van der Waals surface area (Å²) >= 11 is 0. The summed E-state index contributed by atoms with van der Waals surface area (Å²) in [5, 5.41) is 11.1. The van der Waals surface area contributed by atoms with Crippen LogP contribution < -0.4 is 4.74 Å². The van der Waals surface area contributed by atoms with Crippen LogP contribution in [0.2, 0.25) is 0 Å². The SMILES string of the molecule is COc1ccc(CN(C)C(C)C(=O)N2CCCC2)cc1[N+](=O)[O-]. The summed E-state index contributed by atoms with van der Waals surface area (Å²) in [5.74, 6) is 0.357. The number of carbonyl (C=O) groups is 1. The molecule has 1 aromatic carbocycles. The molecule has 7 heteroatoms. The fraction of sp³-hybridized carbons (Fsp3) is 0.562. The minimum Gasteiger partial charge on any atom is -0.490 e. The van der Waals surface area contributed by atoms with E-state index in [1.807, 2.05) is 23.8 Å². The monoisotopic (exact) mass is 321 g/mol. The second-order valence-electron chi connectivity index (χ2n) is 5.89. The topological polar surface area (TPSA) is 75.9 Å². The number of hydrogen-bond donors (Lipinski definition) is 0. The lowest BCUT2D eigenvalue weighted by Gasteiger charge is -2.28. The number of hydrogen-bond acceptors (Lipinski definition) is 5. The fourth-order valence-electron chi connectivity index (χ4n) is 2.79. The van der Waals surface area contributed by atoms with Crippen LogP contribution in [0.4, 0.5) is 5.69 Å². The van der Waals surface area contributed by atoms with Gasteiger partial charge in [0.05, 0.1) is 18.1 Å². The lowest BCUT2D eigenvalue weighted by Crippen LogP contribution is -2.44. The molecule has 0 N–H and O–H groups in total. The van der Waals surface area contributed by atoms with E-state index in [9.17, 15) is 14.9 Å². The molecule has 1 fully saturated rings. The Morgan fingerprint density at radius 3 is 2.65 bits per heavy atom. The normalized spacial score (nSPS) is 15.7. The van der Waals surface area contributed by atoms with E-state index in [1.54, 1.807) is 12.1 Å². The highest BCUT2D eigenvalue weighted by atomic mass is 16.6. The highest BCUT2D eigenvalue weighted by Gasteiger charge is 2.26. The zero-order chi connectivity index (χ0) is 17.0. The Kier molecular flexibility index (Phi) is 5.54. The molecule has 1 aliphatic rings. The number of nitro groups is 1. The predicted molar refractivity (Wildman–Crippen MR) is 86.4 cm³/mol. The first-order valence-electron chi connectivity index (χ1n) is 7.74. The molecule has 0 radical (unpaired) electrons. The lowest BCUT2D eigenvalue weighted by molar-refractivity contribution is -0.385. The van der Waals surface area contributed by atoms with Gasteiger partial charge in [0.25, 0.3) is 0 Å². The molecular weight excluding hydrogens is 298 g/mol. The van der Waals surface area contributed by atoms with Crippen LogP contribution in [-0.2, 0) is 11.3 Å². The van der Waals surface area contributed by atoms with Gasteiger partial charge in [0.1, 0.15) is 0 Å². The number of nitrogens with zero attached hydrogens (tertiary/aromatic N) is 3. The summed E-state index contributed by atoms with van der Waals surface area (Å²) in [6, 6.07) is 4.63. The summed E-state index contributed by atoms with van der Waals surface area (Å²) in [6.45, 7) is 3.99. The van der Waals surface area contributed by atoms with Crippen LogP contribution in [0.5, 0.6) is 5.75 Å². The van der Waals surface area contributed by atoms with Crippen molar-refractivity contribution in [2.24, 2.45) is 0 Å². The molecule has 126 valence electrons. The van der Waals surface area contributed by atoms with Crippen molar-refractivity contribution in [3.63, 3.8) is 0 Å². The first-order chi connectivity index (χ1) is 10.9. The Balaban J connectivity index is 2.07. The highest BCUT2D eigenvalue weighted by molar-refractivity contribution is 5.81. The summed E-state index contributed by atoms with van der Waals surface area (Å²) in [4.78, 5) is 26.8. The van der Waals surface area contributed by atoms with Gasteiger partial charge >= 0.3 is 5.69 Å². The van der Waals surface area contributed by atoms with Gasteiger partial charge in [-0.15, -0.1) is 0 Å². The summed E-state index contributed by atoms with van der Waals surface area (Å²) in [6.07, 6.45) is 2.12. The molecule has 1 aliphatic heterocycles. The largest absolute Gasteiger partial charge is 0.490 e. The molecule has 1 heterocycles. The molecule has 7 nitrogen and oxygen atoms in total. The number of benzene rings is 1. The Morgan fingerprint density at radius 1 is 1.43 bits per heavy atom. The Labute approximate surface area is 136 Å². The zero-order valence-corrected chi connectivity index (χ0v) is 13.8. The van der Waals surface area contributed by atoms with Gasteiger partial charge in [-0.05, 0) is 38.4 Å². The number of methoxy groups -OCH3 is 1. The molecule has 1 amide bonds. The summed E-state index contributed by atoms with van der Waals surface area (Å²) in [7, 11) is 3.26. The Morgan fingerprint density at radius 2 is 2.09 bits per heavy atom. The average molecular weight is 321 g/mol. The lowest BCUT2D eigenvalue weighted by atomic mass is 10.1. The van der Waals surface area contributed by atoms with Gasteiger partial charge < -0.3 is 9.64 Å². The van der Waals surface area contributed by atoms with Crippen molar-refractivity contribution in [3.05, 3.63) is 33.9 Å². The molecule has 0 spiro atoms. The number of nitro benzene ring substituents is 1. The van der Waals surface area contributed by atoms with Crippen molar-refractivity contribution in [1.29, 1.82) is 0 Å². The average Bonchev–Trinajstić information content (AvgIpc) is 3.07. The molecule has 0 saturated carbocycles. The van der Waals surface area contributed by atoms with Crippen molar-refractivity contribution >= 4 is 11.6 Å². The van der Waals surface area contributed by atoms with E-state index < -0.39 is 4.92 Å². The number of rotatable bonds is 6. The molecule has 2 rings (SSSR count). The molecule has 0 aromatic heterocycles. The Hall–Kier alpha value is -2.15. The Bertz CT molecular complexity index is 585. The van der Waals surface area contributed by atoms with Crippen LogP contribution in [0.1, 0.15) is 25.3 Å². The molecule has 1 atom stereocenters. The van der Waals surface area contributed by atoms with Gasteiger partial charge in [-0.1, -0.05) is 6.07 Å². The number of ether oxygens (including phenoxy) is 1. The van der Waals surface area contributed by atoms with E-state index in [0.717, 1.165) is 31.5 Å². The third-order valence-corrected chi connectivity index (χ3v) is 4.31. The molecular formula is C16H23N3O4. The first kappa shape index (κ1) is 17.2.